The summed E-state index contributed by atoms with van der Waals surface area (Å²) in [5.41, 5.74) is 2.28. The second-order valence-corrected chi connectivity index (χ2v) is 7.36. The topological polar surface area (TPSA) is 112 Å². The van der Waals surface area contributed by atoms with Crippen molar-refractivity contribution < 1.29 is 15.0 Å². The number of rotatable bonds is 6. The van der Waals surface area contributed by atoms with Crippen LogP contribution in [0.4, 0.5) is 5.82 Å². The van der Waals surface area contributed by atoms with Crippen LogP contribution in [0.5, 0.6) is 11.5 Å². The van der Waals surface area contributed by atoms with E-state index in [1.165, 1.54) is 12.1 Å². The van der Waals surface area contributed by atoms with Crippen molar-refractivity contribution in [1.29, 1.82) is 0 Å². The van der Waals surface area contributed by atoms with Crippen LogP contribution in [-0.2, 0) is 0 Å². The molecule has 4 rings (SSSR count). The third kappa shape index (κ3) is 4.06. The van der Waals surface area contributed by atoms with Crippen molar-refractivity contribution in [2.75, 3.05) is 18.4 Å². The van der Waals surface area contributed by atoms with E-state index >= 15 is 0 Å². The number of carbonyl (C=O) groups is 1. The minimum Gasteiger partial charge on any atom is -0.508 e. The highest BCUT2D eigenvalue weighted by Crippen LogP contribution is 2.30. The minimum atomic E-state index is -0.228. The first-order valence-electron chi connectivity index (χ1n) is 9.16. The number of hydrogen-bond acceptors (Lipinski definition) is 6. The van der Waals surface area contributed by atoms with Crippen molar-refractivity contribution in [2.45, 2.75) is 0 Å². The fraction of sp³-hybridized carbons (Fsp3) is 0.0952. The van der Waals surface area contributed by atoms with Gasteiger partial charge in [-0.2, -0.15) is 9.61 Å². The number of phenols is 2. The van der Waals surface area contributed by atoms with Gasteiger partial charge in [0, 0.05) is 30.3 Å². The SMILES string of the molecule is O=C(NCCNc1cc(-c2ccccc2O)nc2c(Br)cnn12)c1ccc(O)cc1. The minimum absolute atomic E-state index is 0.112. The van der Waals surface area contributed by atoms with E-state index in [1.807, 2.05) is 6.07 Å². The van der Waals surface area contributed by atoms with Crippen LogP contribution in [0.3, 0.4) is 0 Å². The van der Waals surface area contributed by atoms with Gasteiger partial charge < -0.3 is 20.8 Å². The largest absolute Gasteiger partial charge is 0.508 e. The maximum absolute atomic E-state index is 12.2. The Labute approximate surface area is 180 Å². The number of fused-ring (bicyclic) bond motifs is 1. The smallest absolute Gasteiger partial charge is 0.251 e. The third-order valence-electron chi connectivity index (χ3n) is 4.45. The number of nitrogens with zero attached hydrogens (tertiary/aromatic N) is 3. The lowest BCUT2D eigenvalue weighted by Gasteiger charge is -2.12. The molecule has 0 atom stereocenters. The van der Waals surface area contributed by atoms with Gasteiger partial charge in [0.05, 0.1) is 16.4 Å². The van der Waals surface area contributed by atoms with Crippen LogP contribution in [0.15, 0.2) is 65.3 Å². The molecule has 152 valence electrons. The summed E-state index contributed by atoms with van der Waals surface area (Å²) in [5, 5.41) is 29.9. The zero-order valence-corrected chi connectivity index (χ0v) is 17.3. The molecule has 0 aliphatic carbocycles. The second kappa shape index (κ2) is 8.42. The van der Waals surface area contributed by atoms with Gasteiger partial charge >= 0.3 is 0 Å². The molecular weight excluding hydrogens is 450 g/mol. The van der Waals surface area contributed by atoms with Gasteiger partial charge in [0.15, 0.2) is 5.65 Å². The summed E-state index contributed by atoms with van der Waals surface area (Å²) in [6.07, 6.45) is 1.65. The third-order valence-corrected chi connectivity index (χ3v) is 5.01. The lowest BCUT2D eigenvalue weighted by molar-refractivity contribution is 0.0955. The number of aromatic hydroxyl groups is 2. The Morgan fingerprint density at radius 1 is 1.07 bits per heavy atom. The van der Waals surface area contributed by atoms with Crippen molar-refractivity contribution >= 4 is 33.3 Å². The number of carbonyl (C=O) groups excluding carboxylic acids is 1. The van der Waals surface area contributed by atoms with E-state index in [9.17, 15) is 15.0 Å². The van der Waals surface area contributed by atoms with Gasteiger partial charge in [0.2, 0.25) is 0 Å². The molecule has 0 saturated carbocycles. The zero-order chi connectivity index (χ0) is 21.1. The van der Waals surface area contributed by atoms with E-state index in [0.29, 0.717) is 41.4 Å². The molecule has 0 aliphatic rings. The first-order valence-corrected chi connectivity index (χ1v) is 9.96. The number of aromatic nitrogens is 3. The van der Waals surface area contributed by atoms with E-state index < -0.39 is 0 Å². The molecule has 0 spiro atoms. The molecule has 4 aromatic rings. The molecule has 2 aromatic carbocycles. The summed E-state index contributed by atoms with van der Waals surface area (Å²) in [6.45, 7) is 0.818. The Hall–Kier alpha value is -3.59. The van der Waals surface area contributed by atoms with Gasteiger partial charge in [-0.1, -0.05) is 12.1 Å². The number of amides is 1. The molecule has 1 amide bonds. The van der Waals surface area contributed by atoms with Gasteiger partial charge in [0.25, 0.3) is 5.91 Å². The summed E-state index contributed by atoms with van der Waals surface area (Å²) < 4.78 is 2.37. The lowest BCUT2D eigenvalue weighted by atomic mass is 10.1. The predicted molar refractivity (Wildman–Crippen MR) is 117 cm³/mol. The monoisotopic (exact) mass is 467 g/mol. The number of hydrogen-bond donors (Lipinski definition) is 4. The molecular formula is C21H18BrN5O3. The molecule has 8 nitrogen and oxygen atoms in total. The van der Waals surface area contributed by atoms with Crippen LogP contribution in [-0.4, -0.2) is 43.8 Å². The number of nitrogens with one attached hydrogen (secondary N) is 2. The molecule has 0 bridgehead atoms. The Kier molecular flexibility index (Phi) is 5.53. The number of para-hydroxylation sites is 1. The molecule has 2 heterocycles. The quantitative estimate of drug-likeness (QED) is 0.323. The molecule has 30 heavy (non-hydrogen) atoms. The van der Waals surface area contributed by atoms with Gasteiger partial charge in [0.1, 0.15) is 17.3 Å². The summed E-state index contributed by atoms with van der Waals surface area (Å²) in [7, 11) is 0. The van der Waals surface area contributed by atoms with Crippen LogP contribution < -0.4 is 10.6 Å². The molecule has 0 fully saturated rings. The summed E-state index contributed by atoms with van der Waals surface area (Å²) >= 11 is 3.45. The van der Waals surface area contributed by atoms with Crippen LogP contribution in [0.2, 0.25) is 0 Å². The lowest BCUT2D eigenvalue weighted by Crippen LogP contribution is -2.29. The fourth-order valence-electron chi connectivity index (χ4n) is 2.97. The normalized spacial score (nSPS) is 10.8. The first-order chi connectivity index (χ1) is 14.5. The highest BCUT2D eigenvalue weighted by atomic mass is 79.9. The number of halogens is 1. The van der Waals surface area contributed by atoms with E-state index in [0.717, 1.165) is 4.47 Å². The Balaban J connectivity index is 1.50. The number of phenolic OH excluding ortho intramolecular Hbond substituents is 2. The first kappa shape index (κ1) is 19.7. The molecule has 2 aromatic heterocycles. The molecule has 4 N–H and O–H groups in total. The maximum atomic E-state index is 12.2. The predicted octanol–water partition coefficient (Wildman–Crippen LogP) is 3.41. The van der Waals surface area contributed by atoms with Gasteiger partial charge in [-0.15, -0.1) is 0 Å². The van der Waals surface area contributed by atoms with Crippen LogP contribution in [0, 0.1) is 0 Å². The molecule has 0 unspecified atom stereocenters. The Bertz CT molecular complexity index is 1210. The van der Waals surface area contributed by atoms with Gasteiger partial charge in [-0.05, 0) is 52.3 Å². The summed E-state index contributed by atoms with van der Waals surface area (Å²) in [6, 6.07) is 14.8. The number of anilines is 1. The average molecular weight is 468 g/mol. The highest BCUT2D eigenvalue weighted by molar-refractivity contribution is 9.10. The van der Waals surface area contributed by atoms with E-state index in [1.54, 1.807) is 47.1 Å². The van der Waals surface area contributed by atoms with E-state index in [-0.39, 0.29) is 17.4 Å². The van der Waals surface area contributed by atoms with Crippen LogP contribution in [0.1, 0.15) is 10.4 Å². The van der Waals surface area contributed by atoms with Crippen molar-refractivity contribution in [3.05, 3.63) is 70.8 Å². The zero-order valence-electron chi connectivity index (χ0n) is 15.7. The standard InChI is InChI=1S/C21H18BrN5O3/c22-16-12-25-27-19(11-17(26-20(16)27)15-3-1-2-4-18(15)29)23-9-10-24-21(30)13-5-7-14(28)8-6-13/h1-8,11-12,23,28-29H,9-10H2,(H,24,30). The van der Waals surface area contributed by atoms with Crippen LogP contribution in [0.25, 0.3) is 16.9 Å². The van der Waals surface area contributed by atoms with E-state index in [2.05, 4.69) is 36.6 Å². The molecule has 0 radical (unpaired) electrons. The summed E-state index contributed by atoms with van der Waals surface area (Å²) in [4.78, 5) is 16.8. The molecule has 9 heteroatoms. The second-order valence-electron chi connectivity index (χ2n) is 6.50. The fourth-order valence-corrected chi connectivity index (χ4v) is 3.32. The molecule has 0 aliphatic heterocycles. The highest BCUT2D eigenvalue weighted by Gasteiger charge is 2.13. The van der Waals surface area contributed by atoms with Gasteiger partial charge in [-0.25, -0.2) is 4.98 Å². The molecule has 0 saturated heterocycles. The summed E-state index contributed by atoms with van der Waals surface area (Å²) in [5.74, 6) is 0.689. The van der Waals surface area contributed by atoms with E-state index in [4.69, 9.17) is 0 Å². The Morgan fingerprint density at radius 3 is 2.60 bits per heavy atom. The van der Waals surface area contributed by atoms with Crippen molar-refractivity contribution in [3.63, 3.8) is 0 Å². The van der Waals surface area contributed by atoms with Gasteiger partial charge in [-0.3, -0.25) is 4.79 Å². The number of benzene rings is 2. The Morgan fingerprint density at radius 2 is 1.83 bits per heavy atom. The van der Waals surface area contributed by atoms with Crippen molar-refractivity contribution in [1.82, 2.24) is 19.9 Å². The van der Waals surface area contributed by atoms with Crippen LogP contribution >= 0.6 is 15.9 Å². The average Bonchev–Trinajstić information content (AvgIpc) is 3.12. The maximum Gasteiger partial charge on any atom is 0.251 e. The van der Waals surface area contributed by atoms with Crippen molar-refractivity contribution in [2.24, 2.45) is 0 Å². The van der Waals surface area contributed by atoms with Crippen molar-refractivity contribution in [3.8, 4) is 22.8 Å².